The summed E-state index contributed by atoms with van der Waals surface area (Å²) in [4.78, 5) is 12.6. The number of nitrogens with one attached hydrogen (secondary N) is 2. The lowest BCUT2D eigenvalue weighted by Gasteiger charge is -2.08. The molecule has 2 atom stereocenters. The van der Waals surface area contributed by atoms with Crippen LogP contribution < -0.4 is 15.4 Å². The Morgan fingerprint density at radius 3 is 2.57 bits per heavy atom. The van der Waals surface area contributed by atoms with Gasteiger partial charge in [0.1, 0.15) is 12.4 Å². The Labute approximate surface area is 177 Å². The van der Waals surface area contributed by atoms with Crippen molar-refractivity contribution in [1.29, 1.82) is 0 Å². The number of fused-ring (bicyclic) bond motifs is 1. The standard InChI is InChI=1S/C26H26N2O2/c29-26(28-14-19-6-7-21-15-27-16-22(21)12-19)25-13-24(25)20-8-10-23(11-9-20)30-17-18-4-2-1-3-5-18/h1-12,24-25,27H,13-17H2,(H,28,29). The van der Waals surface area contributed by atoms with Gasteiger partial charge in [-0.2, -0.15) is 0 Å². The third-order valence-electron chi connectivity index (χ3n) is 6.05. The molecule has 3 aromatic carbocycles. The fourth-order valence-corrected chi connectivity index (χ4v) is 4.18. The molecule has 1 amide bonds. The molecule has 1 heterocycles. The van der Waals surface area contributed by atoms with E-state index in [9.17, 15) is 4.79 Å². The number of amides is 1. The van der Waals surface area contributed by atoms with Gasteiger partial charge in [0, 0.05) is 25.6 Å². The summed E-state index contributed by atoms with van der Waals surface area (Å²) >= 11 is 0. The van der Waals surface area contributed by atoms with Crippen LogP contribution in [0.1, 0.15) is 40.2 Å². The zero-order valence-electron chi connectivity index (χ0n) is 16.9. The van der Waals surface area contributed by atoms with Gasteiger partial charge in [-0.1, -0.05) is 60.7 Å². The average molecular weight is 399 g/mol. The minimum absolute atomic E-state index is 0.0807. The summed E-state index contributed by atoms with van der Waals surface area (Å²) in [6, 6.07) is 24.8. The molecule has 152 valence electrons. The normalized spacial score (nSPS) is 19.2. The molecule has 2 N–H and O–H groups in total. The number of hydrogen-bond acceptors (Lipinski definition) is 3. The first-order chi connectivity index (χ1) is 14.8. The molecular formula is C26H26N2O2. The first-order valence-corrected chi connectivity index (χ1v) is 10.6. The van der Waals surface area contributed by atoms with Crippen molar-refractivity contribution in [3.05, 3.63) is 101 Å². The number of carbonyl (C=O) groups is 1. The molecule has 3 aromatic rings. The van der Waals surface area contributed by atoms with Crippen LogP contribution in [0.4, 0.5) is 0 Å². The summed E-state index contributed by atoms with van der Waals surface area (Å²) in [5.74, 6) is 1.41. The highest BCUT2D eigenvalue weighted by molar-refractivity contribution is 5.82. The van der Waals surface area contributed by atoms with Crippen molar-refractivity contribution in [1.82, 2.24) is 10.6 Å². The predicted octanol–water partition coefficient (Wildman–Crippen LogP) is 4.29. The fraction of sp³-hybridized carbons (Fsp3) is 0.269. The third-order valence-corrected chi connectivity index (χ3v) is 6.05. The second-order valence-electron chi connectivity index (χ2n) is 8.22. The van der Waals surface area contributed by atoms with Gasteiger partial charge in [-0.25, -0.2) is 0 Å². The molecule has 30 heavy (non-hydrogen) atoms. The molecule has 5 rings (SSSR count). The zero-order valence-corrected chi connectivity index (χ0v) is 16.9. The highest BCUT2D eigenvalue weighted by Crippen LogP contribution is 2.47. The summed E-state index contributed by atoms with van der Waals surface area (Å²) in [6.45, 7) is 3.03. The van der Waals surface area contributed by atoms with Gasteiger partial charge < -0.3 is 15.4 Å². The van der Waals surface area contributed by atoms with Crippen molar-refractivity contribution < 1.29 is 9.53 Å². The van der Waals surface area contributed by atoms with Gasteiger partial charge in [0.05, 0.1) is 0 Å². The average Bonchev–Trinajstić information content (AvgIpc) is 3.46. The van der Waals surface area contributed by atoms with E-state index in [0.717, 1.165) is 30.8 Å². The number of benzene rings is 3. The molecule has 4 nitrogen and oxygen atoms in total. The largest absolute Gasteiger partial charge is 0.489 e. The molecular weight excluding hydrogens is 372 g/mol. The van der Waals surface area contributed by atoms with Crippen LogP contribution in [-0.2, 0) is 31.0 Å². The minimum Gasteiger partial charge on any atom is -0.489 e. The van der Waals surface area contributed by atoms with E-state index in [1.807, 2.05) is 30.3 Å². The minimum atomic E-state index is 0.0807. The van der Waals surface area contributed by atoms with Crippen LogP contribution in [0.5, 0.6) is 5.75 Å². The molecule has 0 spiro atoms. The maximum atomic E-state index is 12.6. The first kappa shape index (κ1) is 18.9. The SMILES string of the molecule is O=C(NCc1ccc2c(c1)CNC2)C1CC1c1ccc(OCc2ccccc2)cc1. The second-order valence-corrected chi connectivity index (χ2v) is 8.22. The zero-order chi connectivity index (χ0) is 20.3. The van der Waals surface area contributed by atoms with Crippen molar-refractivity contribution in [2.75, 3.05) is 0 Å². The Hall–Kier alpha value is -3.11. The molecule has 2 aliphatic rings. The lowest BCUT2D eigenvalue weighted by molar-refractivity contribution is -0.122. The molecule has 1 saturated carbocycles. The topological polar surface area (TPSA) is 50.4 Å². The number of ether oxygens (including phenoxy) is 1. The molecule has 0 aromatic heterocycles. The van der Waals surface area contributed by atoms with Crippen LogP contribution in [0, 0.1) is 5.92 Å². The van der Waals surface area contributed by atoms with E-state index in [4.69, 9.17) is 4.74 Å². The van der Waals surface area contributed by atoms with E-state index in [1.165, 1.54) is 22.3 Å². The van der Waals surface area contributed by atoms with Crippen molar-refractivity contribution in [2.45, 2.75) is 38.6 Å². The summed E-state index contributed by atoms with van der Waals surface area (Å²) in [5, 5.41) is 6.47. The summed E-state index contributed by atoms with van der Waals surface area (Å²) in [6.07, 6.45) is 0.921. The fourth-order valence-electron chi connectivity index (χ4n) is 4.18. The maximum absolute atomic E-state index is 12.6. The monoisotopic (exact) mass is 398 g/mol. The van der Waals surface area contributed by atoms with Crippen molar-refractivity contribution in [3.8, 4) is 5.75 Å². The van der Waals surface area contributed by atoms with Gasteiger partial charge in [0.2, 0.25) is 5.91 Å². The number of hydrogen-bond donors (Lipinski definition) is 2. The summed E-state index contributed by atoms with van der Waals surface area (Å²) in [7, 11) is 0. The molecule has 0 bridgehead atoms. The molecule has 0 radical (unpaired) electrons. The van der Waals surface area contributed by atoms with Gasteiger partial charge in [-0.3, -0.25) is 4.79 Å². The lowest BCUT2D eigenvalue weighted by Crippen LogP contribution is -2.24. The number of carbonyl (C=O) groups excluding carboxylic acids is 1. The van der Waals surface area contributed by atoms with Gasteiger partial charge in [0.25, 0.3) is 0 Å². The lowest BCUT2D eigenvalue weighted by atomic mass is 10.1. The first-order valence-electron chi connectivity index (χ1n) is 10.6. The Morgan fingerprint density at radius 2 is 1.73 bits per heavy atom. The van der Waals surface area contributed by atoms with Crippen LogP contribution in [0.3, 0.4) is 0 Å². The Morgan fingerprint density at radius 1 is 0.933 bits per heavy atom. The molecule has 4 heteroatoms. The predicted molar refractivity (Wildman–Crippen MR) is 117 cm³/mol. The quantitative estimate of drug-likeness (QED) is 0.624. The highest BCUT2D eigenvalue weighted by atomic mass is 16.5. The Bertz CT molecular complexity index is 1030. The van der Waals surface area contributed by atoms with E-state index < -0.39 is 0 Å². The van der Waals surface area contributed by atoms with E-state index in [2.05, 4.69) is 53.1 Å². The maximum Gasteiger partial charge on any atom is 0.224 e. The molecule has 1 aliphatic carbocycles. The van der Waals surface area contributed by atoms with Gasteiger partial charge in [-0.05, 0) is 52.3 Å². The van der Waals surface area contributed by atoms with Crippen LogP contribution >= 0.6 is 0 Å². The van der Waals surface area contributed by atoms with Crippen LogP contribution in [-0.4, -0.2) is 5.91 Å². The van der Waals surface area contributed by atoms with Crippen molar-refractivity contribution in [3.63, 3.8) is 0 Å². The van der Waals surface area contributed by atoms with Crippen molar-refractivity contribution >= 4 is 5.91 Å². The molecule has 0 saturated heterocycles. The van der Waals surface area contributed by atoms with E-state index in [-0.39, 0.29) is 11.8 Å². The van der Waals surface area contributed by atoms with Gasteiger partial charge >= 0.3 is 0 Å². The molecule has 1 aliphatic heterocycles. The second kappa shape index (κ2) is 8.33. The van der Waals surface area contributed by atoms with Crippen LogP contribution in [0.15, 0.2) is 72.8 Å². The van der Waals surface area contributed by atoms with Crippen LogP contribution in [0.2, 0.25) is 0 Å². The third kappa shape index (κ3) is 4.24. The van der Waals surface area contributed by atoms with Gasteiger partial charge in [0.15, 0.2) is 0 Å². The summed E-state index contributed by atoms with van der Waals surface area (Å²) in [5.41, 5.74) is 6.25. The Kier molecular flexibility index (Phi) is 5.24. The van der Waals surface area contributed by atoms with Crippen LogP contribution in [0.25, 0.3) is 0 Å². The highest BCUT2D eigenvalue weighted by Gasteiger charge is 2.43. The van der Waals surface area contributed by atoms with Gasteiger partial charge in [-0.15, -0.1) is 0 Å². The Balaban J connectivity index is 1.11. The van der Waals surface area contributed by atoms with E-state index in [0.29, 0.717) is 19.1 Å². The smallest absolute Gasteiger partial charge is 0.224 e. The van der Waals surface area contributed by atoms with E-state index in [1.54, 1.807) is 0 Å². The summed E-state index contributed by atoms with van der Waals surface area (Å²) < 4.78 is 5.86. The van der Waals surface area contributed by atoms with Crippen molar-refractivity contribution in [2.24, 2.45) is 5.92 Å². The number of rotatable bonds is 7. The van der Waals surface area contributed by atoms with E-state index >= 15 is 0 Å². The molecule has 2 unspecified atom stereocenters. The molecule has 1 fully saturated rings.